The van der Waals surface area contributed by atoms with Gasteiger partial charge in [-0.1, -0.05) is 0 Å². The minimum absolute atomic E-state index is 0.0153. The number of benzene rings is 1. The molecule has 1 aliphatic rings. The summed E-state index contributed by atoms with van der Waals surface area (Å²) in [7, 11) is -2.96. The van der Waals surface area contributed by atoms with Crippen LogP contribution in [0.1, 0.15) is 13.3 Å². The predicted octanol–water partition coefficient (Wildman–Crippen LogP) is 0.901. The van der Waals surface area contributed by atoms with Crippen LogP contribution in [-0.4, -0.2) is 59.5 Å². The molecule has 0 unspecified atom stereocenters. The summed E-state index contributed by atoms with van der Waals surface area (Å²) in [5.41, 5.74) is -0.980. The van der Waals surface area contributed by atoms with Crippen LogP contribution in [-0.2, 0) is 19.9 Å². The first-order valence-electron chi connectivity index (χ1n) is 6.97. The van der Waals surface area contributed by atoms with Crippen molar-refractivity contribution in [3.8, 4) is 11.5 Å². The summed E-state index contributed by atoms with van der Waals surface area (Å²) in [6.45, 7) is 1.64. The number of nitrogens with zero attached hydrogens (tertiary/aromatic N) is 1. The van der Waals surface area contributed by atoms with Gasteiger partial charge < -0.3 is 9.47 Å². The Morgan fingerprint density at radius 3 is 2.35 bits per heavy atom. The van der Waals surface area contributed by atoms with Gasteiger partial charge in [0.2, 0.25) is 10.0 Å². The van der Waals surface area contributed by atoms with E-state index in [9.17, 15) is 16.8 Å². The van der Waals surface area contributed by atoms with Crippen molar-refractivity contribution in [2.24, 2.45) is 0 Å². The third kappa shape index (κ3) is 3.31. The highest BCUT2D eigenvalue weighted by molar-refractivity contribution is 7.92. The molecule has 7 nitrogen and oxygen atoms in total. The Labute approximate surface area is 137 Å². The summed E-state index contributed by atoms with van der Waals surface area (Å²) in [6.07, 6.45) is 0.261. The summed E-state index contributed by atoms with van der Waals surface area (Å²) in [4.78, 5) is -0.0487. The maximum Gasteiger partial charge on any atom is 0.247 e. The van der Waals surface area contributed by atoms with Crippen LogP contribution in [0.3, 0.4) is 0 Å². The SMILES string of the molecule is COc1ccc(OC)c(S(=O)(=O)N(C)[C@]2(C)CCS(=O)(=O)C2)c1. The average molecular weight is 363 g/mol. The normalized spacial score (nSPS) is 23.9. The van der Waals surface area contributed by atoms with Crippen molar-refractivity contribution in [1.82, 2.24) is 4.31 Å². The first-order chi connectivity index (χ1) is 10.6. The highest BCUT2D eigenvalue weighted by Gasteiger charge is 2.46. The number of hydrogen-bond donors (Lipinski definition) is 0. The molecule has 1 aliphatic heterocycles. The lowest BCUT2D eigenvalue weighted by molar-refractivity contribution is 0.271. The van der Waals surface area contributed by atoms with E-state index in [0.717, 1.165) is 4.31 Å². The van der Waals surface area contributed by atoms with Crippen molar-refractivity contribution in [2.45, 2.75) is 23.8 Å². The highest BCUT2D eigenvalue weighted by Crippen LogP contribution is 2.36. The number of sulfone groups is 1. The van der Waals surface area contributed by atoms with Gasteiger partial charge in [0.15, 0.2) is 9.84 Å². The minimum Gasteiger partial charge on any atom is -0.497 e. The summed E-state index contributed by atoms with van der Waals surface area (Å²) >= 11 is 0. The Hall–Kier alpha value is -1.32. The molecule has 1 aromatic rings. The molecule has 23 heavy (non-hydrogen) atoms. The fourth-order valence-electron chi connectivity index (χ4n) is 2.67. The molecule has 1 atom stereocenters. The molecule has 0 N–H and O–H groups in total. The first kappa shape index (κ1) is 18.0. The molecule has 0 bridgehead atoms. The van der Waals surface area contributed by atoms with Gasteiger partial charge in [0.05, 0.1) is 25.7 Å². The van der Waals surface area contributed by atoms with Crippen LogP contribution in [0, 0.1) is 0 Å². The largest absolute Gasteiger partial charge is 0.497 e. The van der Waals surface area contributed by atoms with Gasteiger partial charge in [0.25, 0.3) is 0 Å². The lowest BCUT2D eigenvalue weighted by Crippen LogP contribution is -2.48. The maximum atomic E-state index is 13.0. The van der Waals surface area contributed by atoms with Crippen molar-refractivity contribution in [1.29, 1.82) is 0 Å². The lowest BCUT2D eigenvalue weighted by Gasteiger charge is -2.33. The van der Waals surface area contributed by atoms with Crippen molar-refractivity contribution >= 4 is 19.9 Å². The molecule has 2 rings (SSSR count). The van der Waals surface area contributed by atoms with Crippen LogP contribution < -0.4 is 9.47 Å². The van der Waals surface area contributed by atoms with E-state index in [0.29, 0.717) is 5.75 Å². The second kappa shape index (κ2) is 5.95. The number of sulfonamides is 1. The standard InChI is InChI=1S/C14H21NO6S2/c1-14(7-8-22(16,17)10-14)15(2)23(18,19)13-9-11(20-3)5-6-12(13)21-4/h5-6,9H,7-8,10H2,1-4H3/t14-/m1/s1. The molecule has 1 aromatic carbocycles. The van der Waals surface area contributed by atoms with E-state index in [4.69, 9.17) is 9.47 Å². The van der Waals surface area contributed by atoms with Crippen LogP contribution in [0.5, 0.6) is 11.5 Å². The van der Waals surface area contributed by atoms with Gasteiger partial charge >= 0.3 is 0 Å². The van der Waals surface area contributed by atoms with Crippen molar-refractivity contribution < 1.29 is 26.3 Å². The molecule has 1 saturated heterocycles. The van der Waals surface area contributed by atoms with Crippen LogP contribution in [0.25, 0.3) is 0 Å². The van der Waals surface area contributed by atoms with Crippen LogP contribution in [0.4, 0.5) is 0 Å². The van der Waals surface area contributed by atoms with Crippen LogP contribution in [0.15, 0.2) is 23.1 Å². The zero-order valence-electron chi connectivity index (χ0n) is 13.6. The Morgan fingerprint density at radius 1 is 1.22 bits per heavy atom. The van der Waals surface area contributed by atoms with E-state index in [1.54, 1.807) is 13.0 Å². The molecular weight excluding hydrogens is 342 g/mol. The molecule has 1 heterocycles. The fraction of sp³-hybridized carbons (Fsp3) is 0.571. The molecule has 0 amide bonds. The quantitative estimate of drug-likeness (QED) is 0.772. The Balaban J connectivity index is 2.50. The summed E-state index contributed by atoms with van der Waals surface area (Å²) in [5, 5.41) is 0. The topological polar surface area (TPSA) is 90.0 Å². The van der Waals surface area contributed by atoms with Crippen LogP contribution in [0.2, 0.25) is 0 Å². The third-order valence-corrected chi connectivity index (χ3v) is 8.18. The number of rotatable bonds is 5. The maximum absolute atomic E-state index is 13.0. The number of methoxy groups -OCH3 is 2. The predicted molar refractivity (Wildman–Crippen MR) is 86.2 cm³/mol. The second-order valence-electron chi connectivity index (χ2n) is 5.83. The fourth-order valence-corrected chi connectivity index (χ4v) is 6.63. The molecule has 0 aromatic heterocycles. The van der Waals surface area contributed by atoms with E-state index >= 15 is 0 Å². The van der Waals surface area contributed by atoms with Gasteiger partial charge in [-0.2, -0.15) is 4.31 Å². The molecule has 0 spiro atoms. The van der Waals surface area contributed by atoms with E-state index in [1.165, 1.54) is 33.4 Å². The monoisotopic (exact) mass is 363 g/mol. The van der Waals surface area contributed by atoms with Gasteiger partial charge in [-0.15, -0.1) is 0 Å². The summed E-state index contributed by atoms with van der Waals surface area (Å²) < 4.78 is 60.8. The van der Waals surface area contributed by atoms with Gasteiger partial charge in [-0.05, 0) is 25.5 Å². The minimum atomic E-state index is -3.94. The molecular formula is C14H21NO6S2. The summed E-state index contributed by atoms with van der Waals surface area (Å²) in [5.74, 6) is 0.352. The number of ether oxygens (including phenoxy) is 2. The number of hydrogen-bond acceptors (Lipinski definition) is 6. The Morgan fingerprint density at radius 2 is 1.87 bits per heavy atom. The van der Waals surface area contributed by atoms with Gasteiger partial charge in [-0.3, -0.25) is 0 Å². The summed E-state index contributed by atoms with van der Waals surface area (Å²) in [6, 6.07) is 4.48. The lowest BCUT2D eigenvalue weighted by atomic mass is 10.0. The molecule has 130 valence electrons. The van der Waals surface area contributed by atoms with E-state index in [1.807, 2.05) is 0 Å². The molecule has 0 saturated carbocycles. The van der Waals surface area contributed by atoms with Gasteiger partial charge in [-0.25, -0.2) is 16.8 Å². The molecule has 9 heteroatoms. The van der Waals surface area contributed by atoms with Crippen molar-refractivity contribution in [3.05, 3.63) is 18.2 Å². The Bertz CT molecular complexity index is 803. The van der Waals surface area contributed by atoms with Gasteiger partial charge in [0, 0.05) is 18.7 Å². The van der Waals surface area contributed by atoms with E-state index in [2.05, 4.69) is 0 Å². The average Bonchev–Trinajstić information content (AvgIpc) is 2.80. The molecule has 0 radical (unpaired) electrons. The molecule has 1 fully saturated rings. The second-order valence-corrected chi connectivity index (χ2v) is 9.95. The highest BCUT2D eigenvalue weighted by atomic mass is 32.2. The zero-order valence-corrected chi connectivity index (χ0v) is 15.2. The first-order valence-corrected chi connectivity index (χ1v) is 10.2. The van der Waals surface area contributed by atoms with Crippen LogP contribution >= 0.6 is 0 Å². The van der Waals surface area contributed by atoms with E-state index < -0.39 is 25.4 Å². The van der Waals surface area contributed by atoms with E-state index in [-0.39, 0.29) is 28.6 Å². The zero-order chi connectivity index (χ0) is 17.5. The van der Waals surface area contributed by atoms with Gasteiger partial charge in [0.1, 0.15) is 16.4 Å². The molecule has 0 aliphatic carbocycles. The third-order valence-electron chi connectivity index (χ3n) is 4.25. The Kier molecular flexibility index (Phi) is 4.67. The van der Waals surface area contributed by atoms with Crippen molar-refractivity contribution in [2.75, 3.05) is 32.8 Å². The van der Waals surface area contributed by atoms with Crippen molar-refractivity contribution in [3.63, 3.8) is 0 Å². The smallest absolute Gasteiger partial charge is 0.247 e.